The van der Waals surface area contributed by atoms with Gasteiger partial charge in [0.15, 0.2) is 0 Å². The van der Waals surface area contributed by atoms with Crippen molar-refractivity contribution in [2.75, 3.05) is 13.2 Å². The van der Waals surface area contributed by atoms with E-state index in [2.05, 4.69) is 5.32 Å². The highest BCUT2D eigenvalue weighted by molar-refractivity contribution is 5.67. The van der Waals surface area contributed by atoms with Crippen molar-refractivity contribution in [1.82, 2.24) is 5.32 Å². The minimum Gasteiger partial charge on any atom is -0.444 e. The van der Waals surface area contributed by atoms with Crippen LogP contribution in [0.3, 0.4) is 0 Å². The summed E-state index contributed by atoms with van der Waals surface area (Å²) in [6.45, 7) is 6.21. The van der Waals surface area contributed by atoms with Gasteiger partial charge < -0.3 is 15.2 Å². The summed E-state index contributed by atoms with van der Waals surface area (Å²) >= 11 is 0. The summed E-state index contributed by atoms with van der Waals surface area (Å²) in [4.78, 5) is 11.6. The van der Waals surface area contributed by atoms with Crippen molar-refractivity contribution in [3.63, 3.8) is 0 Å². The molecule has 2 aliphatic rings. The molecule has 0 saturated heterocycles. The first-order valence-corrected chi connectivity index (χ1v) is 7.95. The van der Waals surface area contributed by atoms with E-state index in [0.717, 1.165) is 24.2 Å². The first-order chi connectivity index (χ1) is 9.37. The first-order valence-electron chi connectivity index (χ1n) is 7.95. The summed E-state index contributed by atoms with van der Waals surface area (Å²) < 4.78 is 5.22. The maximum absolute atomic E-state index is 11.6. The molecule has 0 aromatic carbocycles. The number of carbonyl (C=O) groups is 1. The maximum Gasteiger partial charge on any atom is 0.407 e. The lowest BCUT2D eigenvalue weighted by atomic mass is 9.82. The molecule has 2 aliphatic carbocycles. The van der Waals surface area contributed by atoms with Gasteiger partial charge in [0, 0.05) is 13.2 Å². The molecule has 0 spiro atoms. The average molecular weight is 283 g/mol. The molecule has 0 aromatic heterocycles. The molecule has 0 radical (unpaired) electrons. The monoisotopic (exact) mass is 283 g/mol. The van der Waals surface area contributed by atoms with Gasteiger partial charge in [0.25, 0.3) is 0 Å². The molecule has 2 fully saturated rings. The van der Waals surface area contributed by atoms with Gasteiger partial charge in [-0.25, -0.2) is 4.79 Å². The number of fused-ring (bicyclic) bond motifs is 2. The van der Waals surface area contributed by atoms with Crippen LogP contribution in [-0.2, 0) is 4.74 Å². The molecular formula is C16H29NO3. The van der Waals surface area contributed by atoms with Crippen molar-refractivity contribution >= 4 is 6.09 Å². The molecule has 2 saturated carbocycles. The average Bonchev–Trinajstić information content (AvgIpc) is 2.94. The van der Waals surface area contributed by atoms with Crippen LogP contribution in [0.1, 0.15) is 52.9 Å². The first kappa shape index (κ1) is 15.6. The van der Waals surface area contributed by atoms with Gasteiger partial charge in [0.2, 0.25) is 0 Å². The number of hydrogen-bond acceptors (Lipinski definition) is 3. The molecule has 116 valence electrons. The van der Waals surface area contributed by atoms with E-state index in [9.17, 15) is 9.90 Å². The molecule has 4 unspecified atom stereocenters. The van der Waals surface area contributed by atoms with E-state index < -0.39 is 5.60 Å². The van der Waals surface area contributed by atoms with E-state index in [-0.39, 0.29) is 18.6 Å². The summed E-state index contributed by atoms with van der Waals surface area (Å²) in [6, 6.07) is 0. The number of alkyl carbamates (subject to hydrolysis) is 1. The fourth-order valence-electron chi connectivity index (χ4n) is 3.86. The molecule has 0 aromatic rings. The fourth-order valence-corrected chi connectivity index (χ4v) is 3.86. The standard InChI is InChI=1S/C16H29NO3/c1-16(2,3)20-15(19)17-9-12(10-18)8-14-7-11-4-5-13(14)6-11/h11-14,18H,4-10H2,1-3H3,(H,17,19). The van der Waals surface area contributed by atoms with Crippen LogP contribution in [0.25, 0.3) is 0 Å². The minimum atomic E-state index is -0.469. The predicted octanol–water partition coefficient (Wildman–Crippen LogP) is 2.95. The second kappa shape index (κ2) is 6.33. The van der Waals surface area contributed by atoms with Gasteiger partial charge in [0.1, 0.15) is 5.60 Å². The second-order valence-corrected chi connectivity index (χ2v) is 7.60. The zero-order valence-electron chi connectivity index (χ0n) is 13.0. The zero-order valence-corrected chi connectivity index (χ0v) is 13.0. The third-order valence-electron chi connectivity index (χ3n) is 4.71. The molecule has 4 nitrogen and oxygen atoms in total. The van der Waals surface area contributed by atoms with Gasteiger partial charge in [0.05, 0.1) is 0 Å². The Kier molecular flexibility index (Phi) is 4.95. The number of rotatable bonds is 5. The molecule has 2 N–H and O–H groups in total. The second-order valence-electron chi connectivity index (χ2n) is 7.60. The van der Waals surface area contributed by atoms with E-state index in [1.165, 1.54) is 25.7 Å². The maximum atomic E-state index is 11.6. The Morgan fingerprint density at radius 1 is 1.35 bits per heavy atom. The van der Waals surface area contributed by atoms with Gasteiger partial charge in [-0.05, 0) is 70.1 Å². The van der Waals surface area contributed by atoms with E-state index in [4.69, 9.17) is 4.74 Å². The largest absolute Gasteiger partial charge is 0.444 e. The SMILES string of the molecule is CC(C)(C)OC(=O)NCC(CO)CC1CC2CCC1C2. The van der Waals surface area contributed by atoms with Crippen LogP contribution in [0.5, 0.6) is 0 Å². The van der Waals surface area contributed by atoms with Crippen LogP contribution in [-0.4, -0.2) is 30.0 Å². The van der Waals surface area contributed by atoms with Crippen LogP contribution in [0.15, 0.2) is 0 Å². The minimum absolute atomic E-state index is 0.143. The van der Waals surface area contributed by atoms with Gasteiger partial charge in [-0.15, -0.1) is 0 Å². The Labute approximate surface area is 122 Å². The number of carbonyl (C=O) groups excluding carboxylic acids is 1. The van der Waals surface area contributed by atoms with E-state index in [0.29, 0.717) is 6.54 Å². The fraction of sp³-hybridized carbons (Fsp3) is 0.938. The lowest BCUT2D eigenvalue weighted by Crippen LogP contribution is -2.36. The van der Waals surface area contributed by atoms with Crippen molar-refractivity contribution < 1.29 is 14.6 Å². The Hall–Kier alpha value is -0.770. The summed E-state index contributed by atoms with van der Waals surface area (Å²) in [6.07, 6.45) is 6.14. The van der Waals surface area contributed by atoms with Crippen molar-refractivity contribution in [2.45, 2.75) is 58.5 Å². The van der Waals surface area contributed by atoms with Crippen molar-refractivity contribution in [2.24, 2.45) is 23.7 Å². The molecule has 4 atom stereocenters. The molecule has 2 bridgehead atoms. The third-order valence-corrected chi connectivity index (χ3v) is 4.71. The lowest BCUT2D eigenvalue weighted by Gasteiger charge is -2.26. The van der Waals surface area contributed by atoms with Crippen molar-refractivity contribution in [3.8, 4) is 0 Å². The Morgan fingerprint density at radius 3 is 2.60 bits per heavy atom. The Bertz CT molecular complexity index is 337. The highest BCUT2D eigenvalue weighted by atomic mass is 16.6. The summed E-state index contributed by atoms with van der Waals surface area (Å²) in [5, 5.41) is 12.3. The van der Waals surface area contributed by atoms with Crippen molar-refractivity contribution in [3.05, 3.63) is 0 Å². The zero-order chi connectivity index (χ0) is 14.8. The third kappa shape index (κ3) is 4.37. The van der Waals surface area contributed by atoms with Gasteiger partial charge in [-0.2, -0.15) is 0 Å². The Morgan fingerprint density at radius 2 is 2.10 bits per heavy atom. The molecule has 0 aliphatic heterocycles. The van der Waals surface area contributed by atoms with E-state index >= 15 is 0 Å². The summed E-state index contributed by atoms with van der Waals surface area (Å²) in [5.74, 6) is 2.72. The number of ether oxygens (including phenoxy) is 1. The van der Waals surface area contributed by atoms with Gasteiger partial charge >= 0.3 is 6.09 Å². The highest BCUT2D eigenvalue weighted by Gasteiger charge is 2.40. The molecule has 1 amide bonds. The predicted molar refractivity (Wildman–Crippen MR) is 78.4 cm³/mol. The topological polar surface area (TPSA) is 58.6 Å². The molecular weight excluding hydrogens is 254 g/mol. The highest BCUT2D eigenvalue weighted by Crippen LogP contribution is 2.50. The number of aliphatic hydroxyl groups excluding tert-OH is 1. The van der Waals surface area contributed by atoms with E-state index in [1.54, 1.807) is 0 Å². The quantitative estimate of drug-likeness (QED) is 0.815. The number of aliphatic hydroxyl groups is 1. The van der Waals surface area contributed by atoms with Crippen LogP contribution in [0.4, 0.5) is 4.79 Å². The van der Waals surface area contributed by atoms with Crippen LogP contribution in [0, 0.1) is 23.7 Å². The van der Waals surface area contributed by atoms with Gasteiger partial charge in [-0.3, -0.25) is 0 Å². The van der Waals surface area contributed by atoms with Crippen LogP contribution >= 0.6 is 0 Å². The molecule has 0 heterocycles. The molecule has 2 rings (SSSR count). The van der Waals surface area contributed by atoms with E-state index in [1.807, 2.05) is 20.8 Å². The lowest BCUT2D eigenvalue weighted by molar-refractivity contribution is 0.0506. The Balaban J connectivity index is 1.71. The summed E-state index contributed by atoms with van der Waals surface area (Å²) in [5.41, 5.74) is -0.469. The normalized spacial score (nSPS) is 30.3. The van der Waals surface area contributed by atoms with Crippen LogP contribution in [0.2, 0.25) is 0 Å². The van der Waals surface area contributed by atoms with Gasteiger partial charge in [-0.1, -0.05) is 6.42 Å². The number of hydrogen-bond donors (Lipinski definition) is 2. The smallest absolute Gasteiger partial charge is 0.407 e. The van der Waals surface area contributed by atoms with Crippen molar-refractivity contribution in [1.29, 1.82) is 0 Å². The van der Waals surface area contributed by atoms with Crippen LogP contribution < -0.4 is 5.32 Å². The number of amides is 1. The summed E-state index contributed by atoms with van der Waals surface area (Å²) in [7, 11) is 0. The number of nitrogens with one attached hydrogen (secondary N) is 1. The molecule has 20 heavy (non-hydrogen) atoms. The molecule has 4 heteroatoms.